The Hall–Kier alpha value is -3.53. The van der Waals surface area contributed by atoms with Crippen LogP contribution in [0.1, 0.15) is 49.3 Å². The second-order valence-electron chi connectivity index (χ2n) is 11.0. The minimum absolute atomic E-state index is 0.00150. The van der Waals surface area contributed by atoms with Gasteiger partial charge in [-0.25, -0.2) is 4.39 Å². The predicted molar refractivity (Wildman–Crippen MR) is 135 cm³/mol. The van der Waals surface area contributed by atoms with Crippen molar-refractivity contribution in [3.05, 3.63) is 77.2 Å². The number of alkyl halides is 4. The van der Waals surface area contributed by atoms with Crippen LogP contribution in [0.2, 0.25) is 0 Å². The summed E-state index contributed by atoms with van der Waals surface area (Å²) in [5.74, 6) is -1.53. The second kappa shape index (κ2) is 9.89. The number of ether oxygens (including phenoxy) is 3. The zero-order valence-electron chi connectivity index (χ0n) is 21.8. The van der Waals surface area contributed by atoms with E-state index in [1.165, 1.54) is 11.0 Å². The van der Waals surface area contributed by atoms with Crippen molar-refractivity contribution in [2.75, 3.05) is 31.4 Å². The maximum absolute atomic E-state index is 13.8. The molecule has 1 fully saturated rings. The van der Waals surface area contributed by atoms with Crippen LogP contribution < -0.4 is 14.4 Å². The average Bonchev–Trinajstić information content (AvgIpc) is 3.45. The van der Waals surface area contributed by atoms with Gasteiger partial charge in [0.25, 0.3) is 0 Å². The van der Waals surface area contributed by atoms with Gasteiger partial charge in [-0.05, 0) is 43.7 Å². The number of anilines is 1. The van der Waals surface area contributed by atoms with Crippen molar-refractivity contribution >= 4 is 11.6 Å². The number of fused-ring (bicyclic) bond motifs is 1. The molecule has 3 heterocycles. The third-order valence-corrected chi connectivity index (χ3v) is 6.80. The Kier molecular flexibility index (Phi) is 6.86. The van der Waals surface area contributed by atoms with Crippen LogP contribution in [-0.4, -0.2) is 38.0 Å². The van der Waals surface area contributed by atoms with Crippen LogP contribution >= 0.6 is 0 Å². The maximum atomic E-state index is 13.8. The van der Waals surface area contributed by atoms with E-state index in [9.17, 15) is 22.4 Å². The first-order chi connectivity index (χ1) is 18.4. The molecule has 0 bridgehead atoms. The Morgan fingerprint density at radius 3 is 2.44 bits per heavy atom. The van der Waals surface area contributed by atoms with Gasteiger partial charge in [0.05, 0.1) is 32.3 Å². The molecule has 2 aromatic carbocycles. The number of nitrogens with zero attached hydrogens (tertiary/aromatic N) is 1. The number of rotatable bonds is 9. The lowest BCUT2D eigenvalue weighted by atomic mass is 9.90. The number of para-hydroxylation sites is 1. The Morgan fingerprint density at radius 1 is 1.05 bits per heavy atom. The van der Waals surface area contributed by atoms with Crippen molar-refractivity contribution in [3.63, 3.8) is 0 Å². The third-order valence-electron chi connectivity index (χ3n) is 6.80. The summed E-state index contributed by atoms with van der Waals surface area (Å²) in [5.41, 5.74) is 0.422. The largest absolute Gasteiger partial charge is 0.493 e. The van der Waals surface area contributed by atoms with Crippen molar-refractivity contribution in [3.8, 4) is 11.5 Å². The number of furan rings is 1. The van der Waals surface area contributed by atoms with E-state index in [2.05, 4.69) is 0 Å². The van der Waals surface area contributed by atoms with Gasteiger partial charge >= 0.3 is 6.18 Å². The van der Waals surface area contributed by atoms with Crippen molar-refractivity contribution in [1.82, 2.24) is 0 Å². The molecule has 1 atom stereocenters. The third kappa shape index (κ3) is 5.48. The molecule has 208 valence electrons. The lowest BCUT2D eigenvalue weighted by Crippen LogP contribution is -2.44. The molecule has 2 aliphatic rings. The van der Waals surface area contributed by atoms with Crippen molar-refractivity contribution in [2.24, 2.45) is 5.41 Å². The van der Waals surface area contributed by atoms with E-state index in [0.29, 0.717) is 42.4 Å². The Bertz CT molecular complexity index is 1360. The number of hydrogen-bond donors (Lipinski definition) is 0. The molecular formula is C29H29F4NO5. The molecule has 0 spiro atoms. The molecule has 0 N–H and O–H groups in total. The average molecular weight is 548 g/mol. The molecule has 0 saturated carbocycles. The molecule has 0 radical (unpaired) electrons. The fourth-order valence-corrected chi connectivity index (χ4v) is 4.67. The van der Waals surface area contributed by atoms with Gasteiger partial charge in [0.15, 0.2) is 0 Å². The van der Waals surface area contributed by atoms with E-state index in [1.807, 2.05) is 6.92 Å². The molecule has 2 aliphatic heterocycles. The minimum atomic E-state index is -4.63. The van der Waals surface area contributed by atoms with Crippen LogP contribution in [0.3, 0.4) is 0 Å². The summed E-state index contributed by atoms with van der Waals surface area (Å²) in [6.07, 6.45) is -4.63. The highest BCUT2D eigenvalue weighted by atomic mass is 19.4. The van der Waals surface area contributed by atoms with E-state index < -0.39 is 30.1 Å². The summed E-state index contributed by atoms with van der Waals surface area (Å²) >= 11 is 0. The Balaban J connectivity index is 1.49. The van der Waals surface area contributed by atoms with Crippen LogP contribution in [0.25, 0.3) is 0 Å². The summed E-state index contributed by atoms with van der Waals surface area (Å²) in [6, 6.07) is 14.2. The van der Waals surface area contributed by atoms with Gasteiger partial charge in [-0.15, -0.1) is 0 Å². The van der Waals surface area contributed by atoms with Gasteiger partial charge in [-0.2, -0.15) is 13.2 Å². The van der Waals surface area contributed by atoms with Crippen molar-refractivity contribution < 1.29 is 41.0 Å². The van der Waals surface area contributed by atoms with E-state index in [-0.39, 0.29) is 29.4 Å². The van der Waals surface area contributed by atoms with Crippen LogP contribution in [0.4, 0.5) is 23.2 Å². The fraction of sp³-hybridized carbons (Fsp3) is 0.414. The Morgan fingerprint density at radius 2 is 1.79 bits per heavy atom. The Labute approximate surface area is 223 Å². The lowest BCUT2D eigenvalue weighted by molar-refractivity contribution is -0.153. The number of amides is 1. The van der Waals surface area contributed by atoms with Gasteiger partial charge in [-0.1, -0.05) is 31.2 Å². The van der Waals surface area contributed by atoms with Crippen LogP contribution in [-0.2, 0) is 22.3 Å². The highest BCUT2D eigenvalue weighted by Crippen LogP contribution is 2.46. The lowest BCUT2D eigenvalue weighted by Gasteiger charge is -2.37. The summed E-state index contributed by atoms with van der Waals surface area (Å²) in [7, 11) is 0. The normalized spacial score (nSPS) is 18.6. The predicted octanol–water partition coefficient (Wildman–Crippen LogP) is 6.52. The molecule has 1 amide bonds. The van der Waals surface area contributed by atoms with Crippen molar-refractivity contribution in [2.45, 2.75) is 45.0 Å². The zero-order valence-corrected chi connectivity index (χ0v) is 21.8. The SMILES string of the molecule is CC1(COc2ccc([C@@H]3C(=O)N(Cc4ccc(C(F)(F)F)o4)c4ccccc43)c(OC(C)(C)CF)c2)COC1. The van der Waals surface area contributed by atoms with E-state index in [1.54, 1.807) is 56.3 Å². The van der Waals surface area contributed by atoms with Crippen molar-refractivity contribution in [1.29, 1.82) is 0 Å². The number of carbonyl (C=O) groups is 1. The van der Waals surface area contributed by atoms with E-state index in [0.717, 1.165) is 6.07 Å². The standard InChI is InChI=1S/C29H29F4NO5/c1-27(2,14-30)39-23-12-18(37-17-28(3)15-36-16-28)8-10-21(23)25-20-6-4-5-7-22(20)34(26(25)35)13-19-9-11-24(38-19)29(31,32)33/h4-12,25H,13-17H2,1-3H3/t25-/m1/s1. The number of halogens is 4. The number of carbonyl (C=O) groups excluding carboxylic acids is 1. The second-order valence-corrected chi connectivity index (χ2v) is 11.0. The first-order valence-corrected chi connectivity index (χ1v) is 12.5. The summed E-state index contributed by atoms with van der Waals surface area (Å²) in [4.78, 5) is 15.2. The summed E-state index contributed by atoms with van der Waals surface area (Å²) in [6.45, 7) is 5.89. The molecule has 3 aromatic rings. The molecule has 5 rings (SSSR count). The van der Waals surface area contributed by atoms with Gasteiger partial charge in [0.1, 0.15) is 29.5 Å². The fourth-order valence-electron chi connectivity index (χ4n) is 4.67. The van der Waals surface area contributed by atoms with E-state index >= 15 is 0 Å². The van der Waals surface area contributed by atoms with Crippen LogP contribution in [0.5, 0.6) is 11.5 Å². The summed E-state index contributed by atoms with van der Waals surface area (Å²) < 4.78 is 75.3. The topological polar surface area (TPSA) is 61.1 Å². The molecule has 1 aromatic heterocycles. The van der Waals surface area contributed by atoms with Gasteiger partial charge in [0.2, 0.25) is 11.7 Å². The molecule has 0 aliphatic carbocycles. The van der Waals surface area contributed by atoms with E-state index in [4.69, 9.17) is 18.6 Å². The highest BCUT2D eigenvalue weighted by Gasteiger charge is 2.42. The minimum Gasteiger partial charge on any atom is -0.493 e. The van der Waals surface area contributed by atoms with Gasteiger partial charge in [-0.3, -0.25) is 4.79 Å². The number of benzene rings is 2. The molecule has 10 heteroatoms. The van der Waals surface area contributed by atoms with Gasteiger partial charge < -0.3 is 23.5 Å². The molecule has 0 unspecified atom stereocenters. The first kappa shape index (κ1) is 27.1. The quantitative estimate of drug-likeness (QED) is 0.286. The smallest absolute Gasteiger partial charge is 0.449 e. The first-order valence-electron chi connectivity index (χ1n) is 12.5. The highest BCUT2D eigenvalue weighted by molar-refractivity contribution is 6.07. The van der Waals surface area contributed by atoms with Crippen LogP contribution in [0.15, 0.2) is 59.0 Å². The molecular weight excluding hydrogens is 518 g/mol. The van der Waals surface area contributed by atoms with Gasteiger partial charge in [0, 0.05) is 22.7 Å². The monoisotopic (exact) mass is 547 g/mol. The molecule has 6 nitrogen and oxygen atoms in total. The number of hydrogen-bond acceptors (Lipinski definition) is 5. The van der Waals surface area contributed by atoms with Crippen LogP contribution in [0, 0.1) is 5.41 Å². The zero-order chi connectivity index (χ0) is 28.0. The molecule has 39 heavy (non-hydrogen) atoms. The molecule has 1 saturated heterocycles. The maximum Gasteiger partial charge on any atom is 0.449 e. The summed E-state index contributed by atoms with van der Waals surface area (Å²) in [5, 5.41) is 0.